The summed E-state index contributed by atoms with van der Waals surface area (Å²) in [5, 5.41) is 9.10. The number of nitrogen functional groups attached to an aromatic ring is 1. The van der Waals surface area contributed by atoms with Crippen LogP contribution in [0.25, 0.3) is 0 Å². The van der Waals surface area contributed by atoms with Crippen LogP contribution in [-0.2, 0) is 9.53 Å². The van der Waals surface area contributed by atoms with Gasteiger partial charge in [-0.2, -0.15) is 5.10 Å². The normalized spacial score (nSPS) is 10.1. The summed E-state index contributed by atoms with van der Waals surface area (Å²) in [6.07, 6.45) is 0.293. The molecule has 0 saturated carbocycles. The molecule has 0 unspecified atom stereocenters. The van der Waals surface area contributed by atoms with E-state index in [9.17, 15) is 4.79 Å². The summed E-state index contributed by atoms with van der Waals surface area (Å²) in [6.45, 7) is 2.17. The van der Waals surface area contributed by atoms with Crippen molar-refractivity contribution in [1.82, 2.24) is 10.2 Å². The zero-order valence-electron chi connectivity index (χ0n) is 8.26. The SMILES string of the molecule is COCCC(=O)Nc1n[nH]c(C)c1N. The van der Waals surface area contributed by atoms with Gasteiger partial charge in [-0.1, -0.05) is 0 Å². The first-order valence-electron chi connectivity index (χ1n) is 4.24. The summed E-state index contributed by atoms with van der Waals surface area (Å²) < 4.78 is 4.77. The lowest BCUT2D eigenvalue weighted by Gasteiger charge is -2.01. The Bertz CT molecular complexity index is 321. The van der Waals surface area contributed by atoms with Gasteiger partial charge in [0.2, 0.25) is 5.91 Å². The lowest BCUT2D eigenvalue weighted by Crippen LogP contribution is -2.14. The first-order valence-corrected chi connectivity index (χ1v) is 4.24. The number of ether oxygens (including phenoxy) is 1. The zero-order chi connectivity index (χ0) is 10.6. The van der Waals surface area contributed by atoms with Gasteiger partial charge in [0.25, 0.3) is 0 Å². The molecule has 6 heteroatoms. The molecule has 1 rings (SSSR count). The fraction of sp³-hybridized carbons (Fsp3) is 0.500. The quantitative estimate of drug-likeness (QED) is 0.647. The van der Waals surface area contributed by atoms with E-state index in [0.717, 1.165) is 5.69 Å². The van der Waals surface area contributed by atoms with Gasteiger partial charge in [-0.3, -0.25) is 9.89 Å². The highest BCUT2D eigenvalue weighted by Crippen LogP contribution is 2.17. The number of aryl methyl sites for hydroxylation is 1. The number of nitrogens with two attached hydrogens (primary N) is 1. The molecule has 1 heterocycles. The van der Waals surface area contributed by atoms with Crippen molar-refractivity contribution in [3.8, 4) is 0 Å². The molecule has 0 aliphatic rings. The van der Waals surface area contributed by atoms with E-state index < -0.39 is 0 Å². The number of carbonyl (C=O) groups is 1. The molecule has 14 heavy (non-hydrogen) atoms. The first kappa shape index (κ1) is 10.5. The van der Waals surface area contributed by atoms with Gasteiger partial charge < -0.3 is 15.8 Å². The Kier molecular flexibility index (Phi) is 3.47. The Morgan fingerprint density at radius 3 is 2.93 bits per heavy atom. The Morgan fingerprint density at radius 1 is 1.71 bits per heavy atom. The maximum Gasteiger partial charge on any atom is 0.227 e. The average Bonchev–Trinajstić information content (AvgIpc) is 2.46. The van der Waals surface area contributed by atoms with Crippen molar-refractivity contribution >= 4 is 17.4 Å². The molecule has 0 saturated heterocycles. The standard InChI is InChI=1S/C8H14N4O2/c1-5-7(9)8(12-11-5)10-6(13)3-4-14-2/h3-4,9H2,1-2H3,(H2,10,11,12,13). The second-order valence-corrected chi connectivity index (χ2v) is 2.90. The number of H-pyrrole nitrogens is 1. The molecule has 78 valence electrons. The second kappa shape index (κ2) is 4.61. The monoisotopic (exact) mass is 198 g/mol. The number of methoxy groups -OCH3 is 1. The Balaban J connectivity index is 2.52. The summed E-state index contributed by atoms with van der Waals surface area (Å²) in [6, 6.07) is 0. The van der Waals surface area contributed by atoms with Crippen molar-refractivity contribution in [3.63, 3.8) is 0 Å². The Labute approximate surface area is 81.8 Å². The van der Waals surface area contributed by atoms with Crippen LogP contribution in [0.15, 0.2) is 0 Å². The topological polar surface area (TPSA) is 93.0 Å². The van der Waals surface area contributed by atoms with E-state index in [4.69, 9.17) is 10.5 Å². The summed E-state index contributed by atoms with van der Waals surface area (Å²) in [5.74, 6) is 0.216. The molecule has 1 aromatic heterocycles. The second-order valence-electron chi connectivity index (χ2n) is 2.90. The van der Waals surface area contributed by atoms with Crippen LogP contribution in [0.4, 0.5) is 11.5 Å². The molecule has 1 amide bonds. The van der Waals surface area contributed by atoms with Gasteiger partial charge in [-0.15, -0.1) is 0 Å². The van der Waals surface area contributed by atoms with Gasteiger partial charge in [0.05, 0.1) is 24.4 Å². The zero-order valence-corrected chi connectivity index (χ0v) is 8.26. The van der Waals surface area contributed by atoms with Crippen LogP contribution < -0.4 is 11.1 Å². The number of nitrogens with zero attached hydrogens (tertiary/aromatic N) is 1. The number of rotatable bonds is 4. The molecule has 0 radical (unpaired) electrons. The molecular weight excluding hydrogens is 184 g/mol. The van der Waals surface area contributed by atoms with E-state index in [1.807, 2.05) is 0 Å². The van der Waals surface area contributed by atoms with Gasteiger partial charge >= 0.3 is 0 Å². The molecule has 6 nitrogen and oxygen atoms in total. The number of aromatic nitrogens is 2. The lowest BCUT2D eigenvalue weighted by atomic mass is 10.3. The molecule has 0 bridgehead atoms. The van der Waals surface area contributed by atoms with Crippen LogP contribution in [0.3, 0.4) is 0 Å². The predicted molar refractivity (Wildman–Crippen MR) is 52.9 cm³/mol. The minimum absolute atomic E-state index is 0.162. The highest BCUT2D eigenvalue weighted by Gasteiger charge is 2.09. The van der Waals surface area contributed by atoms with E-state index in [0.29, 0.717) is 24.5 Å². The maximum atomic E-state index is 11.2. The molecule has 1 aromatic rings. The number of carbonyl (C=O) groups excluding carboxylic acids is 1. The molecule has 0 spiro atoms. The van der Waals surface area contributed by atoms with E-state index in [-0.39, 0.29) is 5.91 Å². The number of hydrogen-bond donors (Lipinski definition) is 3. The summed E-state index contributed by atoms with van der Waals surface area (Å²) in [7, 11) is 1.54. The predicted octanol–water partition coefficient (Wildman–Crippen LogP) is 0.275. The molecule has 0 atom stereocenters. The van der Waals surface area contributed by atoms with Gasteiger partial charge in [0.15, 0.2) is 5.82 Å². The average molecular weight is 198 g/mol. The highest BCUT2D eigenvalue weighted by molar-refractivity contribution is 5.92. The van der Waals surface area contributed by atoms with Crippen molar-refractivity contribution < 1.29 is 9.53 Å². The molecule has 0 fully saturated rings. The van der Waals surface area contributed by atoms with Crippen molar-refractivity contribution in [2.24, 2.45) is 0 Å². The van der Waals surface area contributed by atoms with Crippen LogP contribution in [-0.4, -0.2) is 29.8 Å². The van der Waals surface area contributed by atoms with Crippen LogP contribution in [0, 0.1) is 6.92 Å². The van der Waals surface area contributed by atoms with Crippen LogP contribution in [0.2, 0.25) is 0 Å². The number of amides is 1. The number of nitrogens with one attached hydrogen (secondary N) is 2. The molecule has 0 aromatic carbocycles. The van der Waals surface area contributed by atoms with Gasteiger partial charge in [-0.05, 0) is 6.92 Å². The molecule has 4 N–H and O–H groups in total. The third kappa shape index (κ3) is 2.46. The smallest absolute Gasteiger partial charge is 0.227 e. The molecule has 0 aliphatic heterocycles. The number of hydrogen-bond acceptors (Lipinski definition) is 4. The van der Waals surface area contributed by atoms with Gasteiger partial charge in [0.1, 0.15) is 0 Å². The fourth-order valence-electron chi connectivity index (χ4n) is 0.922. The molecular formula is C8H14N4O2. The van der Waals surface area contributed by atoms with E-state index >= 15 is 0 Å². The summed E-state index contributed by atoms with van der Waals surface area (Å²) >= 11 is 0. The van der Waals surface area contributed by atoms with E-state index in [2.05, 4.69) is 15.5 Å². The van der Waals surface area contributed by atoms with E-state index in [1.165, 1.54) is 0 Å². The fourth-order valence-corrected chi connectivity index (χ4v) is 0.922. The lowest BCUT2D eigenvalue weighted by molar-refractivity contribution is -0.117. The van der Waals surface area contributed by atoms with Crippen molar-refractivity contribution in [2.45, 2.75) is 13.3 Å². The number of aromatic amines is 1. The largest absolute Gasteiger partial charge is 0.394 e. The highest BCUT2D eigenvalue weighted by atomic mass is 16.5. The van der Waals surface area contributed by atoms with Crippen molar-refractivity contribution in [3.05, 3.63) is 5.69 Å². The minimum Gasteiger partial charge on any atom is -0.394 e. The van der Waals surface area contributed by atoms with Gasteiger partial charge in [0, 0.05) is 7.11 Å². The van der Waals surface area contributed by atoms with Crippen LogP contribution in [0.5, 0.6) is 0 Å². The Hall–Kier alpha value is -1.56. The summed E-state index contributed by atoms with van der Waals surface area (Å²) in [4.78, 5) is 11.2. The third-order valence-electron chi connectivity index (χ3n) is 1.79. The maximum absolute atomic E-state index is 11.2. The van der Waals surface area contributed by atoms with Crippen molar-refractivity contribution in [1.29, 1.82) is 0 Å². The molecule has 0 aliphatic carbocycles. The minimum atomic E-state index is -0.162. The first-order chi connectivity index (χ1) is 6.65. The third-order valence-corrected chi connectivity index (χ3v) is 1.79. The summed E-state index contributed by atoms with van der Waals surface area (Å²) in [5.41, 5.74) is 6.85. The van der Waals surface area contributed by atoms with Gasteiger partial charge in [-0.25, -0.2) is 0 Å². The van der Waals surface area contributed by atoms with E-state index in [1.54, 1.807) is 14.0 Å². The number of anilines is 2. The van der Waals surface area contributed by atoms with Crippen LogP contribution in [0.1, 0.15) is 12.1 Å². The Morgan fingerprint density at radius 2 is 2.43 bits per heavy atom. The van der Waals surface area contributed by atoms with Crippen molar-refractivity contribution in [2.75, 3.05) is 24.8 Å². The van der Waals surface area contributed by atoms with Crippen LogP contribution >= 0.6 is 0 Å².